The lowest BCUT2D eigenvalue weighted by Gasteiger charge is -2.31. The largest absolute Gasteiger partial charge is 0.338 e. The molecule has 0 bridgehead atoms. The zero-order valence-electron chi connectivity index (χ0n) is 13.3. The van der Waals surface area contributed by atoms with Gasteiger partial charge in [-0.05, 0) is 68.3 Å². The minimum absolute atomic E-state index is 0.0256. The van der Waals surface area contributed by atoms with Crippen molar-refractivity contribution in [2.24, 2.45) is 5.92 Å². The summed E-state index contributed by atoms with van der Waals surface area (Å²) < 4.78 is 14.4. The van der Waals surface area contributed by atoms with Gasteiger partial charge in [0, 0.05) is 18.7 Å². The summed E-state index contributed by atoms with van der Waals surface area (Å²) in [6, 6.07) is 5.08. The Morgan fingerprint density at radius 1 is 1.27 bits per heavy atom. The second-order valence-electron chi connectivity index (χ2n) is 6.76. The third kappa shape index (κ3) is 3.32. The molecule has 1 atom stereocenters. The fourth-order valence-corrected chi connectivity index (χ4v) is 3.68. The van der Waals surface area contributed by atoms with Crippen LogP contribution in [-0.4, -0.2) is 37.0 Å². The average Bonchev–Trinajstić information content (AvgIpc) is 2.55. The number of nitrogens with zero attached hydrogens (tertiary/aromatic N) is 1. The van der Waals surface area contributed by atoms with E-state index in [1.54, 1.807) is 0 Å². The molecule has 2 saturated heterocycles. The molecule has 22 heavy (non-hydrogen) atoms. The van der Waals surface area contributed by atoms with E-state index in [0.717, 1.165) is 51.0 Å². The molecular weight excluding hydrogens is 279 g/mol. The molecular formula is C18H25FN2O. The molecule has 0 radical (unpaired) electrons. The second kappa shape index (κ2) is 6.78. The lowest BCUT2D eigenvalue weighted by Crippen LogP contribution is -2.39. The van der Waals surface area contributed by atoms with Gasteiger partial charge in [-0.25, -0.2) is 4.39 Å². The molecule has 2 fully saturated rings. The minimum Gasteiger partial charge on any atom is -0.338 e. The first-order valence-corrected chi connectivity index (χ1v) is 8.44. The lowest BCUT2D eigenvalue weighted by molar-refractivity contribution is 0.0682. The van der Waals surface area contributed by atoms with Crippen molar-refractivity contribution in [1.82, 2.24) is 10.2 Å². The molecule has 2 heterocycles. The maximum Gasteiger partial charge on any atom is 0.253 e. The zero-order chi connectivity index (χ0) is 15.5. The highest BCUT2D eigenvalue weighted by atomic mass is 19.1. The molecule has 3 rings (SSSR count). The predicted octanol–water partition coefficient (Wildman–Crippen LogP) is 3.16. The number of likely N-dealkylation sites (tertiary alicyclic amines) is 1. The smallest absolute Gasteiger partial charge is 0.253 e. The van der Waals surface area contributed by atoms with Gasteiger partial charge >= 0.3 is 0 Å². The highest BCUT2D eigenvalue weighted by molar-refractivity contribution is 5.94. The van der Waals surface area contributed by atoms with Gasteiger partial charge in [0.1, 0.15) is 5.82 Å². The van der Waals surface area contributed by atoms with Gasteiger partial charge in [0.25, 0.3) is 5.91 Å². The number of halogens is 1. The summed E-state index contributed by atoms with van der Waals surface area (Å²) in [5, 5.41) is 3.30. The SMILES string of the molecule is CC1CCCN(C(=O)c2ccc(C3CCNCC3)c(F)c2)C1. The number of hydrogen-bond acceptors (Lipinski definition) is 2. The summed E-state index contributed by atoms with van der Waals surface area (Å²) >= 11 is 0. The number of carbonyl (C=O) groups is 1. The molecule has 0 saturated carbocycles. The van der Waals surface area contributed by atoms with Crippen LogP contribution in [0.2, 0.25) is 0 Å². The van der Waals surface area contributed by atoms with Crippen LogP contribution >= 0.6 is 0 Å². The Labute approximate surface area is 131 Å². The first-order valence-electron chi connectivity index (χ1n) is 8.44. The van der Waals surface area contributed by atoms with E-state index in [9.17, 15) is 9.18 Å². The minimum atomic E-state index is -0.220. The van der Waals surface area contributed by atoms with E-state index >= 15 is 0 Å². The lowest BCUT2D eigenvalue weighted by atomic mass is 9.89. The van der Waals surface area contributed by atoms with Crippen LogP contribution in [0.25, 0.3) is 0 Å². The third-order valence-corrected chi connectivity index (χ3v) is 4.97. The normalized spacial score (nSPS) is 23.5. The molecule has 4 heteroatoms. The molecule has 1 aromatic carbocycles. The van der Waals surface area contributed by atoms with E-state index in [0.29, 0.717) is 11.5 Å². The molecule has 0 aliphatic carbocycles. The highest BCUT2D eigenvalue weighted by Gasteiger charge is 2.24. The number of nitrogens with one attached hydrogen (secondary N) is 1. The van der Waals surface area contributed by atoms with Crippen LogP contribution in [-0.2, 0) is 0 Å². The summed E-state index contributed by atoms with van der Waals surface area (Å²) in [6.07, 6.45) is 4.15. The van der Waals surface area contributed by atoms with Gasteiger partial charge in [0.2, 0.25) is 0 Å². The standard InChI is InChI=1S/C18H25FN2O/c1-13-3-2-10-21(12-13)18(22)15-4-5-16(17(19)11-15)14-6-8-20-9-7-14/h4-5,11,13-14,20H,2-3,6-10,12H2,1H3. The number of benzene rings is 1. The Kier molecular flexibility index (Phi) is 4.77. The fourth-order valence-electron chi connectivity index (χ4n) is 3.68. The van der Waals surface area contributed by atoms with Gasteiger partial charge in [0.05, 0.1) is 0 Å². The quantitative estimate of drug-likeness (QED) is 0.910. The number of carbonyl (C=O) groups excluding carboxylic acids is 1. The summed E-state index contributed by atoms with van der Waals surface area (Å²) in [7, 11) is 0. The average molecular weight is 304 g/mol. The van der Waals surface area contributed by atoms with Gasteiger partial charge in [0.15, 0.2) is 0 Å². The molecule has 1 amide bonds. The monoisotopic (exact) mass is 304 g/mol. The van der Waals surface area contributed by atoms with Crippen LogP contribution < -0.4 is 5.32 Å². The Morgan fingerprint density at radius 2 is 2.05 bits per heavy atom. The van der Waals surface area contributed by atoms with E-state index in [-0.39, 0.29) is 17.6 Å². The predicted molar refractivity (Wildman–Crippen MR) is 85.5 cm³/mol. The van der Waals surface area contributed by atoms with Crippen molar-refractivity contribution in [3.63, 3.8) is 0 Å². The number of rotatable bonds is 2. The molecule has 2 aliphatic rings. The molecule has 1 N–H and O–H groups in total. The molecule has 1 aromatic rings. The van der Waals surface area contributed by atoms with E-state index in [1.807, 2.05) is 17.0 Å². The van der Waals surface area contributed by atoms with Gasteiger partial charge in [-0.3, -0.25) is 4.79 Å². The maximum atomic E-state index is 14.4. The zero-order valence-corrected chi connectivity index (χ0v) is 13.3. The van der Waals surface area contributed by atoms with E-state index < -0.39 is 0 Å². The fraction of sp³-hybridized carbons (Fsp3) is 0.611. The van der Waals surface area contributed by atoms with Gasteiger partial charge in [-0.2, -0.15) is 0 Å². The van der Waals surface area contributed by atoms with Crippen LogP contribution in [0.1, 0.15) is 54.4 Å². The molecule has 0 spiro atoms. The van der Waals surface area contributed by atoms with Crippen LogP contribution in [0.5, 0.6) is 0 Å². The molecule has 120 valence electrons. The van der Waals surface area contributed by atoms with E-state index in [2.05, 4.69) is 12.2 Å². The van der Waals surface area contributed by atoms with Gasteiger partial charge < -0.3 is 10.2 Å². The van der Waals surface area contributed by atoms with Crippen LogP contribution in [0.15, 0.2) is 18.2 Å². The number of amides is 1. The van der Waals surface area contributed by atoms with Crippen molar-refractivity contribution >= 4 is 5.91 Å². The Bertz CT molecular complexity index is 540. The first kappa shape index (κ1) is 15.5. The maximum absolute atomic E-state index is 14.4. The summed E-state index contributed by atoms with van der Waals surface area (Å²) in [6.45, 7) is 5.63. The number of piperidine rings is 2. The van der Waals surface area contributed by atoms with E-state index in [4.69, 9.17) is 0 Å². The Balaban J connectivity index is 1.74. The molecule has 3 nitrogen and oxygen atoms in total. The molecule has 2 aliphatic heterocycles. The third-order valence-electron chi connectivity index (χ3n) is 4.97. The first-order chi connectivity index (χ1) is 10.6. The van der Waals surface area contributed by atoms with Crippen molar-refractivity contribution in [1.29, 1.82) is 0 Å². The van der Waals surface area contributed by atoms with Crippen molar-refractivity contribution in [2.45, 2.75) is 38.5 Å². The number of hydrogen-bond donors (Lipinski definition) is 1. The van der Waals surface area contributed by atoms with Crippen LogP contribution in [0.3, 0.4) is 0 Å². The van der Waals surface area contributed by atoms with E-state index in [1.165, 1.54) is 12.5 Å². The molecule has 0 aromatic heterocycles. The Hall–Kier alpha value is -1.42. The van der Waals surface area contributed by atoms with Crippen molar-refractivity contribution < 1.29 is 9.18 Å². The summed E-state index contributed by atoms with van der Waals surface area (Å²) in [5.74, 6) is 0.571. The summed E-state index contributed by atoms with van der Waals surface area (Å²) in [4.78, 5) is 14.4. The van der Waals surface area contributed by atoms with Crippen LogP contribution in [0, 0.1) is 11.7 Å². The second-order valence-corrected chi connectivity index (χ2v) is 6.76. The van der Waals surface area contributed by atoms with Gasteiger partial charge in [-0.15, -0.1) is 0 Å². The van der Waals surface area contributed by atoms with Crippen molar-refractivity contribution in [3.05, 3.63) is 35.1 Å². The Morgan fingerprint density at radius 3 is 2.73 bits per heavy atom. The van der Waals surface area contributed by atoms with Gasteiger partial charge in [-0.1, -0.05) is 13.0 Å². The van der Waals surface area contributed by atoms with Crippen LogP contribution in [0.4, 0.5) is 4.39 Å². The molecule has 1 unspecified atom stereocenters. The summed E-state index contributed by atoms with van der Waals surface area (Å²) in [5.41, 5.74) is 1.26. The topological polar surface area (TPSA) is 32.3 Å². The van der Waals surface area contributed by atoms with Crippen molar-refractivity contribution in [3.8, 4) is 0 Å². The van der Waals surface area contributed by atoms with Crippen molar-refractivity contribution in [2.75, 3.05) is 26.2 Å². The highest BCUT2D eigenvalue weighted by Crippen LogP contribution is 2.28.